The van der Waals surface area contributed by atoms with Crippen LogP contribution in [0, 0.1) is 6.92 Å². The summed E-state index contributed by atoms with van der Waals surface area (Å²) in [6, 6.07) is 21.2. The van der Waals surface area contributed by atoms with E-state index in [9.17, 15) is 0 Å². The number of alkyl halides is 1. The van der Waals surface area contributed by atoms with Gasteiger partial charge in [0.05, 0.1) is 11.9 Å². The maximum Gasteiger partial charge on any atom is 0.126 e. The van der Waals surface area contributed by atoms with Crippen LogP contribution in [0.25, 0.3) is 10.8 Å². The van der Waals surface area contributed by atoms with E-state index in [0.29, 0.717) is 0 Å². The number of hydrogen-bond donors (Lipinski definition) is 0. The van der Waals surface area contributed by atoms with Crippen molar-refractivity contribution in [3.63, 3.8) is 0 Å². The zero-order valence-corrected chi connectivity index (χ0v) is 13.7. The van der Waals surface area contributed by atoms with E-state index in [-0.39, 0.29) is 4.83 Å². The Morgan fingerprint density at radius 2 is 1.52 bits per heavy atom. The first-order chi connectivity index (χ1) is 10.2. The molecule has 0 radical (unpaired) electrons. The maximum atomic E-state index is 5.47. The highest BCUT2D eigenvalue weighted by Gasteiger charge is 2.15. The van der Waals surface area contributed by atoms with Gasteiger partial charge in [-0.25, -0.2) is 0 Å². The molecule has 1 atom stereocenters. The molecule has 106 valence electrons. The number of benzene rings is 3. The summed E-state index contributed by atoms with van der Waals surface area (Å²) in [6.07, 6.45) is 0. The van der Waals surface area contributed by atoms with Gasteiger partial charge < -0.3 is 4.74 Å². The van der Waals surface area contributed by atoms with E-state index < -0.39 is 0 Å². The highest BCUT2D eigenvalue weighted by atomic mass is 79.9. The van der Waals surface area contributed by atoms with Crippen LogP contribution in [0.5, 0.6) is 5.75 Å². The number of rotatable bonds is 3. The fraction of sp³-hybridized carbons (Fsp3) is 0.158. The van der Waals surface area contributed by atoms with Gasteiger partial charge in [0.15, 0.2) is 0 Å². The molecule has 3 aromatic rings. The van der Waals surface area contributed by atoms with Crippen LogP contribution in [0.4, 0.5) is 0 Å². The number of methoxy groups -OCH3 is 1. The summed E-state index contributed by atoms with van der Waals surface area (Å²) in [6.45, 7) is 2.11. The van der Waals surface area contributed by atoms with E-state index in [2.05, 4.69) is 71.4 Å². The molecule has 21 heavy (non-hydrogen) atoms. The Balaban J connectivity index is 2.14. The van der Waals surface area contributed by atoms with E-state index in [0.717, 1.165) is 11.1 Å². The Labute approximate surface area is 133 Å². The van der Waals surface area contributed by atoms with E-state index in [4.69, 9.17) is 4.74 Å². The van der Waals surface area contributed by atoms with Crippen molar-refractivity contribution in [1.29, 1.82) is 0 Å². The lowest BCUT2D eigenvalue weighted by molar-refractivity contribution is 0.419. The van der Waals surface area contributed by atoms with Crippen LogP contribution in [-0.4, -0.2) is 7.11 Å². The molecular weight excluding hydrogens is 324 g/mol. The van der Waals surface area contributed by atoms with Gasteiger partial charge in [-0.1, -0.05) is 76.1 Å². The van der Waals surface area contributed by atoms with Crippen LogP contribution in [0.3, 0.4) is 0 Å². The maximum absolute atomic E-state index is 5.47. The first-order valence-corrected chi connectivity index (χ1v) is 7.88. The molecule has 2 heteroatoms. The third-order valence-electron chi connectivity index (χ3n) is 3.78. The zero-order valence-electron chi connectivity index (χ0n) is 12.1. The van der Waals surface area contributed by atoms with Gasteiger partial charge in [0.1, 0.15) is 5.75 Å². The van der Waals surface area contributed by atoms with Gasteiger partial charge in [0, 0.05) is 5.39 Å². The van der Waals surface area contributed by atoms with Crippen molar-refractivity contribution in [1.82, 2.24) is 0 Å². The molecule has 0 aliphatic heterocycles. The summed E-state index contributed by atoms with van der Waals surface area (Å²) in [7, 11) is 1.72. The van der Waals surface area contributed by atoms with Gasteiger partial charge in [-0.3, -0.25) is 0 Å². The zero-order chi connectivity index (χ0) is 14.8. The molecule has 0 saturated heterocycles. The lowest BCUT2D eigenvalue weighted by Gasteiger charge is -2.16. The van der Waals surface area contributed by atoms with Crippen LogP contribution < -0.4 is 4.74 Å². The van der Waals surface area contributed by atoms with Crippen molar-refractivity contribution >= 4 is 26.7 Å². The largest absolute Gasteiger partial charge is 0.496 e. The fourth-order valence-electron chi connectivity index (χ4n) is 2.61. The number of aryl methyl sites for hydroxylation is 1. The van der Waals surface area contributed by atoms with Crippen molar-refractivity contribution in [3.05, 3.63) is 77.4 Å². The Hall–Kier alpha value is -1.80. The molecule has 0 fully saturated rings. The molecule has 0 aliphatic rings. The van der Waals surface area contributed by atoms with Crippen LogP contribution in [0.1, 0.15) is 21.5 Å². The fourth-order valence-corrected chi connectivity index (χ4v) is 3.31. The number of hydrogen-bond acceptors (Lipinski definition) is 1. The van der Waals surface area contributed by atoms with Crippen LogP contribution in [-0.2, 0) is 0 Å². The Morgan fingerprint density at radius 1 is 0.857 bits per heavy atom. The van der Waals surface area contributed by atoms with Gasteiger partial charge in [-0.05, 0) is 29.5 Å². The van der Waals surface area contributed by atoms with E-state index in [1.54, 1.807) is 7.11 Å². The van der Waals surface area contributed by atoms with Crippen molar-refractivity contribution in [2.45, 2.75) is 11.8 Å². The first kappa shape index (κ1) is 14.2. The van der Waals surface area contributed by atoms with Gasteiger partial charge in [-0.2, -0.15) is 0 Å². The molecule has 0 bridgehead atoms. The number of ether oxygens (including phenoxy) is 1. The van der Waals surface area contributed by atoms with E-state index in [1.165, 1.54) is 22.1 Å². The molecule has 0 N–H and O–H groups in total. The summed E-state index contributed by atoms with van der Waals surface area (Å²) >= 11 is 3.85. The minimum Gasteiger partial charge on any atom is -0.496 e. The number of fused-ring (bicyclic) bond motifs is 1. The highest BCUT2D eigenvalue weighted by Crippen LogP contribution is 2.38. The Bertz CT molecular complexity index is 762. The molecule has 0 aromatic heterocycles. The molecular formula is C19H17BrO. The third-order valence-corrected chi connectivity index (χ3v) is 4.80. The summed E-state index contributed by atoms with van der Waals surface area (Å²) in [5, 5.41) is 2.37. The number of halogens is 1. The van der Waals surface area contributed by atoms with E-state index in [1.807, 2.05) is 12.1 Å². The van der Waals surface area contributed by atoms with Crippen LogP contribution in [0.15, 0.2) is 60.7 Å². The normalized spacial score (nSPS) is 12.3. The minimum atomic E-state index is 0.175. The van der Waals surface area contributed by atoms with Gasteiger partial charge in [0.2, 0.25) is 0 Å². The second-order valence-corrected chi connectivity index (χ2v) is 6.09. The molecule has 1 unspecified atom stereocenters. The predicted molar refractivity (Wildman–Crippen MR) is 92.4 cm³/mol. The SMILES string of the molecule is COc1ccc(C(Br)c2ccc(C)cc2)c2ccccc12. The monoisotopic (exact) mass is 340 g/mol. The minimum absolute atomic E-state index is 0.175. The molecule has 1 nitrogen and oxygen atoms in total. The van der Waals surface area contributed by atoms with Crippen LogP contribution in [0.2, 0.25) is 0 Å². The van der Waals surface area contributed by atoms with Gasteiger partial charge >= 0.3 is 0 Å². The average molecular weight is 341 g/mol. The molecule has 3 aromatic carbocycles. The summed E-state index contributed by atoms with van der Waals surface area (Å²) in [4.78, 5) is 0.175. The molecule has 0 heterocycles. The molecule has 0 saturated carbocycles. The van der Waals surface area contributed by atoms with Gasteiger partial charge in [0.25, 0.3) is 0 Å². The van der Waals surface area contributed by atoms with E-state index >= 15 is 0 Å². The smallest absolute Gasteiger partial charge is 0.126 e. The lowest BCUT2D eigenvalue weighted by Crippen LogP contribution is -1.95. The lowest BCUT2D eigenvalue weighted by atomic mass is 9.97. The van der Waals surface area contributed by atoms with Crippen LogP contribution >= 0.6 is 15.9 Å². The Kier molecular flexibility index (Phi) is 3.98. The van der Waals surface area contributed by atoms with Crippen molar-refractivity contribution in [3.8, 4) is 5.75 Å². The quantitative estimate of drug-likeness (QED) is 0.560. The first-order valence-electron chi connectivity index (χ1n) is 6.97. The Morgan fingerprint density at radius 3 is 2.19 bits per heavy atom. The third kappa shape index (κ3) is 2.68. The second kappa shape index (κ2) is 5.90. The summed E-state index contributed by atoms with van der Waals surface area (Å²) in [5.74, 6) is 0.915. The topological polar surface area (TPSA) is 9.23 Å². The summed E-state index contributed by atoms with van der Waals surface area (Å²) in [5.41, 5.74) is 3.80. The highest BCUT2D eigenvalue weighted by molar-refractivity contribution is 9.09. The summed E-state index contributed by atoms with van der Waals surface area (Å²) < 4.78 is 5.47. The molecule has 0 aliphatic carbocycles. The molecule has 0 spiro atoms. The van der Waals surface area contributed by atoms with Crippen molar-refractivity contribution < 1.29 is 4.74 Å². The standard InChI is InChI=1S/C19H17BrO/c1-13-7-9-14(10-8-13)19(20)17-11-12-18(21-2)16-6-4-3-5-15(16)17/h3-12,19H,1-2H3. The average Bonchev–Trinajstić information content (AvgIpc) is 2.54. The second-order valence-electron chi connectivity index (χ2n) is 5.18. The van der Waals surface area contributed by atoms with Gasteiger partial charge in [-0.15, -0.1) is 0 Å². The van der Waals surface area contributed by atoms with Crippen molar-refractivity contribution in [2.75, 3.05) is 7.11 Å². The molecule has 3 rings (SSSR count). The van der Waals surface area contributed by atoms with Crippen molar-refractivity contribution in [2.24, 2.45) is 0 Å². The molecule has 0 amide bonds. The predicted octanol–water partition coefficient (Wildman–Crippen LogP) is 5.64.